The number of carbonyl (C=O) groups is 1. The molecule has 0 aliphatic heterocycles. The Balaban J connectivity index is 2.40. The van der Waals surface area contributed by atoms with E-state index >= 15 is 0 Å². The molecule has 1 N–H and O–H groups in total. The van der Waals surface area contributed by atoms with Gasteiger partial charge in [0.2, 0.25) is 5.76 Å². The highest BCUT2D eigenvalue weighted by atomic mass is 16.5. The number of carboxylic acid groups (broad SMARTS) is 1. The Bertz CT molecular complexity index is 1120. The lowest BCUT2D eigenvalue weighted by Gasteiger charge is -2.20. The van der Waals surface area contributed by atoms with Crippen molar-refractivity contribution in [2.75, 3.05) is 19.8 Å². The fourth-order valence-electron chi connectivity index (χ4n) is 3.37. The van der Waals surface area contributed by atoms with Gasteiger partial charge in [0.1, 0.15) is 17.2 Å². The van der Waals surface area contributed by atoms with E-state index in [1.54, 1.807) is 36.4 Å². The van der Waals surface area contributed by atoms with Crippen LogP contribution in [0.1, 0.15) is 50.6 Å². The standard InChI is InChI=1S/C25H28O7/c1-4-11-29-16-14-19(30-12-5-2)22(20(15-16)31-13-6-3)21-17-9-7-8-10-18(17)25(28)32-23(21)24(26)27/h7-10,14-15H,4-6,11-13H2,1-3H3,(H,26,27). The lowest BCUT2D eigenvalue weighted by atomic mass is 9.96. The Hall–Kier alpha value is -3.48. The fourth-order valence-corrected chi connectivity index (χ4v) is 3.37. The molecule has 0 bridgehead atoms. The lowest BCUT2D eigenvalue weighted by Crippen LogP contribution is -2.11. The summed E-state index contributed by atoms with van der Waals surface area (Å²) >= 11 is 0. The van der Waals surface area contributed by atoms with E-state index in [0.717, 1.165) is 19.3 Å². The third kappa shape index (κ3) is 4.88. The Kier molecular flexibility index (Phi) is 7.76. The molecule has 0 atom stereocenters. The summed E-state index contributed by atoms with van der Waals surface area (Å²) in [5, 5.41) is 10.6. The first-order valence-electron chi connectivity index (χ1n) is 10.9. The van der Waals surface area contributed by atoms with E-state index in [1.165, 1.54) is 0 Å². The van der Waals surface area contributed by atoms with Crippen LogP contribution >= 0.6 is 0 Å². The summed E-state index contributed by atoms with van der Waals surface area (Å²) < 4.78 is 23.1. The second-order valence-corrected chi connectivity index (χ2v) is 7.28. The van der Waals surface area contributed by atoms with E-state index in [2.05, 4.69) is 0 Å². The van der Waals surface area contributed by atoms with Gasteiger partial charge in [0.25, 0.3) is 0 Å². The number of carboxylic acids is 1. The Morgan fingerprint density at radius 2 is 1.38 bits per heavy atom. The summed E-state index contributed by atoms with van der Waals surface area (Å²) in [7, 11) is 0. The maximum atomic E-state index is 12.5. The molecule has 0 spiro atoms. The number of aromatic carboxylic acids is 1. The van der Waals surface area contributed by atoms with Crippen molar-refractivity contribution in [3.63, 3.8) is 0 Å². The molecule has 1 heterocycles. The number of hydrogen-bond donors (Lipinski definition) is 1. The molecule has 0 amide bonds. The number of rotatable bonds is 11. The minimum atomic E-state index is -1.35. The quantitative estimate of drug-likeness (QED) is 0.419. The van der Waals surface area contributed by atoms with Gasteiger partial charge in [0.15, 0.2) is 0 Å². The van der Waals surface area contributed by atoms with Crippen LogP contribution in [0.3, 0.4) is 0 Å². The fraction of sp³-hybridized carbons (Fsp3) is 0.360. The second kappa shape index (κ2) is 10.7. The van der Waals surface area contributed by atoms with E-state index < -0.39 is 17.4 Å². The van der Waals surface area contributed by atoms with Crippen molar-refractivity contribution in [2.45, 2.75) is 40.0 Å². The third-order valence-corrected chi connectivity index (χ3v) is 4.72. The maximum absolute atomic E-state index is 12.5. The minimum Gasteiger partial charge on any atom is -0.493 e. The molecule has 3 aromatic rings. The Labute approximate surface area is 186 Å². The summed E-state index contributed by atoms with van der Waals surface area (Å²) in [6.45, 7) is 7.30. The zero-order chi connectivity index (χ0) is 23.1. The Morgan fingerprint density at radius 3 is 1.91 bits per heavy atom. The van der Waals surface area contributed by atoms with Crippen molar-refractivity contribution in [3.05, 3.63) is 52.6 Å². The first kappa shape index (κ1) is 23.2. The van der Waals surface area contributed by atoms with Crippen LogP contribution in [-0.2, 0) is 0 Å². The second-order valence-electron chi connectivity index (χ2n) is 7.28. The summed E-state index contributed by atoms with van der Waals surface area (Å²) in [5.41, 5.74) is -0.0447. The van der Waals surface area contributed by atoms with Crippen LogP contribution < -0.4 is 19.8 Å². The van der Waals surface area contributed by atoms with Crippen LogP contribution in [0.25, 0.3) is 21.9 Å². The molecule has 170 valence electrons. The molecule has 1 aromatic heterocycles. The van der Waals surface area contributed by atoms with Gasteiger partial charge in [0, 0.05) is 23.1 Å². The highest BCUT2D eigenvalue weighted by Gasteiger charge is 2.27. The lowest BCUT2D eigenvalue weighted by molar-refractivity contribution is 0.0659. The molecule has 7 nitrogen and oxygen atoms in total. The Morgan fingerprint density at radius 1 is 0.844 bits per heavy atom. The average molecular weight is 440 g/mol. The van der Waals surface area contributed by atoms with Gasteiger partial charge in [-0.05, 0) is 25.3 Å². The van der Waals surface area contributed by atoms with Gasteiger partial charge < -0.3 is 23.7 Å². The normalized spacial score (nSPS) is 10.8. The van der Waals surface area contributed by atoms with Crippen LogP contribution in [0.4, 0.5) is 0 Å². The predicted molar refractivity (Wildman–Crippen MR) is 122 cm³/mol. The van der Waals surface area contributed by atoms with Gasteiger partial charge in [-0.1, -0.05) is 39.0 Å². The van der Waals surface area contributed by atoms with Gasteiger partial charge in [-0.25, -0.2) is 9.59 Å². The topological polar surface area (TPSA) is 95.2 Å². The molecule has 0 unspecified atom stereocenters. The van der Waals surface area contributed by atoms with Crippen molar-refractivity contribution >= 4 is 16.7 Å². The molecule has 0 radical (unpaired) electrons. The molecule has 2 aromatic carbocycles. The average Bonchev–Trinajstić information content (AvgIpc) is 2.80. The molecule has 0 saturated heterocycles. The van der Waals surface area contributed by atoms with Gasteiger partial charge in [-0.2, -0.15) is 0 Å². The molecule has 0 fully saturated rings. The van der Waals surface area contributed by atoms with Crippen LogP contribution in [0.2, 0.25) is 0 Å². The highest BCUT2D eigenvalue weighted by molar-refractivity contribution is 6.07. The van der Waals surface area contributed by atoms with E-state index in [0.29, 0.717) is 48.0 Å². The first-order chi connectivity index (χ1) is 15.5. The largest absolute Gasteiger partial charge is 0.493 e. The SMILES string of the molecule is CCCOc1cc(OCCC)c(-c2c(C(=O)O)oc(=O)c3ccccc23)c(OCCC)c1. The number of fused-ring (bicyclic) bond motifs is 1. The summed E-state index contributed by atoms with van der Waals surface area (Å²) in [6.07, 6.45) is 2.33. The number of benzene rings is 2. The maximum Gasteiger partial charge on any atom is 0.372 e. The van der Waals surface area contributed by atoms with Gasteiger partial charge in [0.05, 0.1) is 30.8 Å². The van der Waals surface area contributed by atoms with Crippen molar-refractivity contribution in [1.82, 2.24) is 0 Å². The van der Waals surface area contributed by atoms with Crippen LogP contribution in [0, 0.1) is 0 Å². The molecule has 0 aliphatic rings. The van der Waals surface area contributed by atoms with Crippen molar-refractivity contribution in [2.24, 2.45) is 0 Å². The molecule has 0 aliphatic carbocycles. The van der Waals surface area contributed by atoms with Gasteiger partial charge >= 0.3 is 11.6 Å². The molecule has 0 saturated carbocycles. The van der Waals surface area contributed by atoms with E-state index in [-0.39, 0.29) is 10.9 Å². The molecule has 32 heavy (non-hydrogen) atoms. The van der Waals surface area contributed by atoms with Crippen molar-refractivity contribution in [1.29, 1.82) is 0 Å². The third-order valence-electron chi connectivity index (χ3n) is 4.72. The van der Waals surface area contributed by atoms with Crippen LogP contribution in [0.5, 0.6) is 17.2 Å². The minimum absolute atomic E-state index is 0.243. The van der Waals surface area contributed by atoms with Gasteiger partial charge in [-0.3, -0.25) is 0 Å². The zero-order valence-corrected chi connectivity index (χ0v) is 18.6. The monoisotopic (exact) mass is 440 g/mol. The molecule has 3 rings (SSSR count). The summed E-state index contributed by atoms with van der Waals surface area (Å²) in [6, 6.07) is 10.2. The summed E-state index contributed by atoms with van der Waals surface area (Å²) in [4.78, 5) is 24.6. The van der Waals surface area contributed by atoms with Crippen molar-refractivity contribution in [3.8, 4) is 28.4 Å². The van der Waals surface area contributed by atoms with Gasteiger partial charge in [-0.15, -0.1) is 0 Å². The predicted octanol–water partition coefficient (Wildman–Crippen LogP) is 5.52. The van der Waals surface area contributed by atoms with Crippen LogP contribution in [-0.4, -0.2) is 30.9 Å². The van der Waals surface area contributed by atoms with E-state index in [1.807, 2.05) is 20.8 Å². The van der Waals surface area contributed by atoms with E-state index in [9.17, 15) is 14.7 Å². The smallest absolute Gasteiger partial charge is 0.372 e. The molecule has 7 heteroatoms. The van der Waals surface area contributed by atoms with Crippen LogP contribution in [0.15, 0.2) is 45.6 Å². The highest BCUT2D eigenvalue weighted by Crippen LogP contribution is 2.46. The first-order valence-corrected chi connectivity index (χ1v) is 10.9. The van der Waals surface area contributed by atoms with Crippen molar-refractivity contribution < 1.29 is 28.5 Å². The number of ether oxygens (including phenoxy) is 3. The summed E-state index contributed by atoms with van der Waals surface area (Å²) in [5.74, 6) is -0.428. The number of hydrogen-bond acceptors (Lipinski definition) is 6. The van der Waals surface area contributed by atoms with E-state index in [4.69, 9.17) is 18.6 Å². The molecular formula is C25H28O7. The molecular weight excluding hydrogens is 412 g/mol. The zero-order valence-electron chi connectivity index (χ0n) is 18.6.